The molecule has 2 aliphatic heterocycles. The van der Waals surface area contributed by atoms with E-state index in [1.54, 1.807) is 17.0 Å². The van der Waals surface area contributed by atoms with Gasteiger partial charge in [0.25, 0.3) is 11.9 Å². The number of carbonyl (C=O) groups is 2. The van der Waals surface area contributed by atoms with E-state index in [0.29, 0.717) is 44.5 Å². The van der Waals surface area contributed by atoms with Crippen LogP contribution in [0.15, 0.2) is 53.1 Å². The van der Waals surface area contributed by atoms with Crippen LogP contribution in [0.1, 0.15) is 72.7 Å². The largest absolute Gasteiger partial charge is 0.437 e. The van der Waals surface area contributed by atoms with Crippen LogP contribution in [0, 0.1) is 5.92 Å². The molecular weight excluding hydrogens is 573 g/mol. The molecule has 1 aromatic carbocycles. The first-order valence-corrected chi connectivity index (χ1v) is 15.5. The van der Waals surface area contributed by atoms with Crippen LogP contribution in [0.5, 0.6) is 0 Å². The normalized spacial score (nSPS) is 18.8. The Kier molecular flexibility index (Phi) is 8.76. The Morgan fingerprint density at radius 3 is 2.27 bits per heavy atom. The van der Waals surface area contributed by atoms with E-state index in [2.05, 4.69) is 32.3 Å². The second kappa shape index (κ2) is 12.9. The average Bonchev–Trinajstić information content (AvgIpc) is 3.68. The van der Waals surface area contributed by atoms with Crippen LogP contribution in [0.25, 0.3) is 0 Å². The SMILES string of the molecule is O=C(Nc1ccc(N2CCCN(C(=O)C3CCCC3)CC2)nc1)c1oc(N2CCC(c3ccccc3)CC2)nc1C(F)(F)F. The van der Waals surface area contributed by atoms with Crippen LogP contribution >= 0.6 is 0 Å². The number of nitrogens with one attached hydrogen (secondary N) is 1. The molecule has 0 radical (unpaired) electrons. The second-order valence-corrected chi connectivity index (χ2v) is 11.9. The highest BCUT2D eigenvalue weighted by Crippen LogP contribution is 2.36. The first-order chi connectivity index (χ1) is 21.3. The first kappa shape index (κ1) is 30.0. The molecule has 4 heterocycles. The van der Waals surface area contributed by atoms with E-state index in [0.717, 1.165) is 51.5 Å². The summed E-state index contributed by atoms with van der Waals surface area (Å²) in [5, 5.41) is 2.49. The zero-order valence-electron chi connectivity index (χ0n) is 24.6. The molecule has 0 unspecified atom stereocenters. The zero-order chi connectivity index (χ0) is 30.7. The number of hydrogen-bond donors (Lipinski definition) is 1. The van der Waals surface area contributed by atoms with Gasteiger partial charge in [0, 0.05) is 45.2 Å². The molecule has 44 heavy (non-hydrogen) atoms. The monoisotopic (exact) mass is 610 g/mol. The molecule has 1 saturated carbocycles. The minimum absolute atomic E-state index is 0.146. The number of carbonyl (C=O) groups excluding carboxylic acids is 2. The molecule has 2 amide bonds. The number of hydrogen-bond acceptors (Lipinski definition) is 7. The van der Waals surface area contributed by atoms with Gasteiger partial charge in [-0.1, -0.05) is 43.2 Å². The van der Waals surface area contributed by atoms with Gasteiger partial charge in [0.15, 0.2) is 5.69 Å². The number of oxazole rings is 1. The van der Waals surface area contributed by atoms with Crippen molar-refractivity contribution in [1.82, 2.24) is 14.9 Å². The van der Waals surface area contributed by atoms with Crippen molar-refractivity contribution < 1.29 is 27.2 Å². The van der Waals surface area contributed by atoms with Gasteiger partial charge in [-0.3, -0.25) is 9.59 Å². The summed E-state index contributed by atoms with van der Waals surface area (Å²) < 4.78 is 47.2. The number of piperidine rings is 1. The molecule has 0 spiro atoms. The van der Waals surface area contributed by atoms with Crippen LogP contribution in [0.2, 0.25) is 0 Å². The predicted octanol–water partition coefficient (Wildman–Crippen LogP) is 5.95. The van der Waals surface area contributed by atoms with Crippen molar-refractivity contribution in [2.45, 2.75) is 57.0 Å². The molecule has 3 aliphatic rings. The minimum atomic E-state index is -4.86. The van der Waals surface area contributed by atoms with E-state index in [9.17, 15) is 22.8 Å². The van der Waals surface area contributed by atoms with Gasteiger partial charge in [-0.2, -0.15) is 18.2 Å². The summed E-state index contributed by atoms with van der Waals surface area (Å²) in [4.78, 5) is 39.8. The van der Waals surface area contributed by atoms with Gasteiger partial charge in [-0.15, -0.1) is 0 Å². The second-order valence-electron chi connectivity index (χ2n) is 11.9. The number of halogens is 3. The summed E-state index contributed by atoms with van der Waals surface area (Å²) in [7, 11) is 0. The van der Waals surface area contributed by atoms with Crippen LogP contribution in [0.4, 0.5) is 30.7 Å². The van der Waals surface area contributed by atoms with Crippen molar-refractivity contribution in [2.24, 2.45) is 5.92 Å². The number of amides is 2. The lowest BCUT2D eigenvalue weighted by Gasteiger charge is -2.31. The summed E-state index contributed by atoms with van der Waals surface area (Å²) in [5.74, 6) is -0.541. The molecule has 9 nitrogen and oxygen atoms in total. The van der Waals surface area contributed by atoms with E-state index < -0.39 is 23.5 Å². The summed E-state index contributed by atoms with van der Waals surface area (Å²) in [6, 6.07) is 13.1. The Morgan fingerprint density at radius 1 is 0.841 bits per heavy atom. The van der Waals surface area contributed by atoms with Crippen molar-refractivity contribution in [2.75, 3.05) is 54.4 Å². The number of benzene rings is 1. The van der Waals surface area contributed by atoms with E-state index in [4.69, 9.17) is 4.42 Å². The maximum atomic E-state index is 13.9. The summed E-state index contributed by atoms with van der Waals surface area (Å²) in [6.45, 7) is 3.62. The predicted molar refractivity (Wildman–Crippen MR) is 160 cm³/mol. The molecule has 234 valence electrons. The fourth-order valence-corrected chi connectivity index (χ4v) is 6.55. The lowest BCUT2D eigenvalue weighted by molar-refractivity contribution is -0.141. The maximum Gasteiger partial charge on any atom is 0.437 e. The molecular formula is C32H37F3N6O3. The minimum Gasteiger partial charge on any atom is -0.417 e. The lowest BCUT2D eigenvalue weighted by atomic mass is 9.90. The molecule has 2 aromatic heterocycles. The standard InChI is InChI=1S/C32H37F3N6O3/c33-32(34,35)28-27(44-31(38-28)41-17-13-23(14-18-41)22-7-2-1-3-8-22)29(42)37-25-11-12-26(36-21-25)39-15-6-16-40(20-19-39)30(43)24-9-4-5-10-24/h1-3,7-8,11-12,21,23-24H,4-6,9-10,13-20H2,(H,37,42). The quantitative estimate of drug-likeness (QED) is 0.369. The third-order valence-corrected chi connectivity index (χ3v) is 8.97. The lowest BCUT2D eigenvalue weighted by Crippen LogP contribution is -2.38. The highest BCUT2D eigenvalue weighted by molar-refractivity contribution is 6.03. The molecule has 3 fully saturated rings. The van der Waals surface area contributed by atoms with Crippen molar-refractivity contribution >= 4 is 29.3 Å². The van der Waals surface area contributed by atoms with Crippen molar-refractivity contribution in [1.29, 1.82) is 0 Å². The Hall–Kier alpha value is -4.09. The Morgan fingerprint density at radius 2 is 1.59 bits per heavy atom. The van der Waals surface area contributed by atoms with E-state index in [1.165, 1.54) is 11.8 Å². The molecule has 0 bridgehead atoms. The first-order valence-electron chi connectivity index (χ1n) is 15.5. The van der Waals surface area contributed by atoms with Crippen LogP contribution < -0.4 is 15.1 Å². The topological polar surface area (TPSA) is 94.8 Å². The number of nitrogens with zero attached hydrogens (tertiary/aromatic N) is 5. The average molecular weight is 611 g/mol. The fraction of sp³-hybridized carbons (Fsp3) is 0.500. The smallest absolute Gasteiger partial charge is 0.417 e. The molecule has 6 rings (SSSR count). The Balaban J connectivity index is 1.08. The van der Waals surface area contributed by atoms with Gasteiger partial charge >= 0.3 is 6.18 Å². The molecule has 12 heteroatoms. The van der Waals surface area contributed by atoms with E-state index in [1.807, 2.05) is 23.1 Å². The van der Waals surface area contributed by atoms with Crippen molar-refractivity contribution in [3.8, 4) is 0 Å². The highest BCUT2D eigenvalue weighted by atomic mass is 19.4. The summed E-state index contributed by atoms with van der Waals surface area (Å²) in [5.41, 5.74) is 0.0878. The Bertz CT molecular complexity index is 1430. The van der Waals surface area contributed by atoms with Gasteiger partial charge in [0.2, 0.25) is 11.7 Å². The van der Waals surface area contributed by atoms with Crippen molar-refractivity contribution in [3.05, 3.63) is 65.7 Å². The van der Waals surface area contributed by atoms with E-state index >= 15 is 0 Å². The third kappa shape index (κ3) is 6.68. The highest BCUT2D eigenvalue weighted by Gasteiger charge is 2.42. The van der Waals surface area contributed by atoms with E-state index in [-0.39, 0.29) is 23.5 Å². The number of anilines is 3. The van der Waals surface area contributed by atoms with Gasteiger partial charge in [-0.25, -0.2) is 4.98 Å². The number of pyridine rings is 1. The number of alkyl halides is 3. The van der Waals surface area contributed by atoms with Gasteiger partial charge in [0.1, 0.15) is 5.82 Å². The van der Waals surface area contributed by atoms with Crippen LogP contribution in [-0.2, 0) is 11.0 Å². The zero-order valence-corrected chi connectivity index (χ0v) is 24.6. The van der Waals surface area contributed by atoms with Gasteiger partial charge < -0.3 is 24.4 Å². The molecule has 2 saturated heterocycles. The van der Waals surface area contributed by atoms with Crippen molar-refractivity contribution in [3.63, 3.8) is 0 Å². The molecule has 0 atom stereocenters. The number of aromatic nitrogens is 2. The number of rotatable bonds is 6. The summed E-state index contributed by atoms with van der Waals surface area (Å²) in [6.07, 6.45) is 3.02. The molecule has 3 aromatic rings. The Labute approximate surface area is 254 Å². The maximum absolute atomic E-state index is 13.9. The fourth-order valence-electron chi connectivity index (χ4n) is 6.55. The van der Waals surface area contributed by atoms with Gasteiger partial charge in [0.05, 0.1) is 11.9 Å². The summed E-state index contributed by atoms with van der Waals surface area (Å²) >= 11 is 0. The van der Waals surface area contributed by atoms with Crippen LogP contribution in [-0.4, -0.2) is 66.0 Å². The van der Waals surface area contributed by atoms with Gasteiger partial charge in [-0.05, 0) is 55.7 Å². The van der Waals surface area contributed by atoms with Crippen LogP contribution in [0.3, 0.4) is 0 Å². The third-order valence-electron chi connectivity index (χ3n) is 8.97. The molecule has 1 N–H and O–H groups in total. The molecule has 1 aliphatic carbocycles.